The fourth-order valence-electron chi connectivity index (χ4n) is 4.12. The van der Waals surface area contributed by atoms with Gasteiger partial charge in [-0.25, -0.2) is 9.59 Å². The molecule has 1 aliphatic heterocycles. The van der Waals surface area contributed by atoms with Gasteiger partial charge in [-0.3, -0.25) is 0 Å². The number of hydrogen-bond acceptors (Lipinski definition) is 6. The molecule has 1 aliphatic rings. The number of aromatic nitrogens is 2. The number of amides is 1. The Morgan fingerprint density at radius 1 is 1.15 bits per heavy atom. The van der Waals surface area contributed by atoms with Crippen molar-refractivity contribution in [3.05, 3.63) is 58.5 Å². The summed E-state index contributed by atoms with van der Waals surface area (Å²) in [6.07, 6.45) is 0.919. The molecule has 6 N–H and O–H groups in total. The molecule has 0 unspecified atom stereocenters. The molecule has 182 valence electrons. The molecule has 3 aromatic rings. The van der Waals surface area contributed by atoms with Crippen LogP contribution in [0.25, 0.3) is 11.0 Å². The van der Waals surface area contributed by atoms with Crippen LogP contribution in [0.15, 0.2) is 47.3 Å². The molecule has 1 saturated heterocycles. The lowest BCUT2D eigenvalue weighted by atomic mass is 10.0. The van der Waals surface area contributed by atoms with E-state index in [-0.39, 0.29) is 18.3 Å². The van der Waals surface area contributed by atoms with Crippen LogP contribution in [-0.2, 0) is 6.42 Å². The number of H-pyrrole nitrogens is 2. The van der Waals surface area contributed by atoms with Gasteiger partial charge in [0.05, 0.1) is 5.52 Å². The second kappa shape index (κ2) is 11.1. The van der Waals surface area contributed by atoms with E-state index < -0.39 is 12.2 Å². The minimum absolute atomic E-state index is 0.116. The lowest BCUT2D eigenvalue weighted by Crippen LogP contribution is -2.41. The van der Waals surface area contributed by atoms with Crippen LogP contribution in [0.5, 0.6) is 5.75 Å². The van der Waals surface area contributed by atoms with Crippen molar-refractivity contribution in [2.75, 3.05) is 38.1 Å². The molecule has 0 radical (unpaired) electrons. The third-order valence-electron chi connectivity index (χ3n) is 6.00. The van der Waals surface area contributed by atoms with Crippen molar-refractivity contribution in [3.63, 3.8) is 0 Å². The Morgan fingerprint density at radius 2 is 1.91 bits per heavy atom. The molecule has 0 saturated carbocycles. The fourth-order valence-corrected chi connectivity index (χ4v) is 4.12. The zero-order chi connectivity index (χ0) is 23.9. The van der Waals surface area contributed by atoms with Crippen molar-refractivity contribution in [2.45, 2.75) is 31.4 Å². The third kappa shape index (κ3) is 6.30. The molecule has 10 nitrogen and oxygen atoms in total. The Hall–Kier alpha value is -3.50. The molecule has 10 heteroatoms. The minimum Gasteiger partial charge on any atom is -0.489 e. The van der Waals surface area contributed by atoms with Gasteiger partial charge in [0.15, 0.2) is 0 Å². The van der Waals surface area contributed by atoms with Crippen LogP contribution in [0.4, 0.5) is 10.5 Å². The maximum atomic E-state index is 11.5. The molecule has 0 aliphatic carbocycles. The number of anilines is 1. The molecule has 2 heterocycles. The van der Waals surface area contributed by atoms with E-state index in [1.165, 1.54) is 10.5 Å². The average molecular weight is 470 g/mol. The largest absolute Gasteiger partial charge is 0.489 e. The molecule has 4 rings (SSSR count). The second-order valence-corrected chi connectivity index (χ2v) is 8.56. The summed E-state index contributed by atoms with van der Waals surface area (Å²) in [5, 5.41) is 26.0. The summed E-state index contributed by atoms with van der Waals surface area (Å²) < 4.78 is 5.68. The number of aromatic amines is 2. The van der Waals surface area contributed by atoms with E-state index in [1.54, 1.807) is 18.2 Å². The Morgan fingerprint density at radius 3 is 2.65 bits per heavy atom. The zero-order valence-electron chi connectivity index (χ0n) is 18.9. The Balaban J connectivity index is 1.13. The lowest BCUT2D eigenvalue weighted by molar-refractivity contribution is 0.107. The number of likely N-dealkylation sites (tertiary alicyclic amines) is 1. The third-order valence-corrected chi connectivity index (χ3v) is 6.00. The first-order valence-corrected chi connectivity index (χ1v) is 11.5. The number of carbonyl (C=O) groups is 1. The van der Waals surface area contributed by atoms with Crippen LogP contribution < -0.4 is 21.1 Å². The number of carboxylic acid groups (broad SMARTS) is 1. The summed E-state index contributed by atoms with van der Waals surface area (Å²) in [6, 6.07) is 13.9. The average Bonchev–Trinajstić information content (AvgIpc) is 3.22. The number of benzene rings is 2. The van der Waals surface area contributed by atoms with Gasteiger partial charge in [-0.1, -0.05) is 18.2 Å². The van der Waals surface area contributed by atoms with Crippen LogP contribution in [0, 0.1) is 0 Å². The van der Waals surface area contributed by atoms with E-state index in [9.17, 15) is 14.7 Å². The number of nitrogens with one attached hydrogen (secondary N) is 4. The van der Waals surface area contributed by atoms with E-state index in [1.807, 2.05) is 12.1 Å². The molecule has 2 aromatic carbocycles. The quantitative estimate of drug-likeness (QED) is 0.249. The van der Waals surface area contributed by atoms with E-state index in [2.05, 4.69) is 32.7 Å². The van der Waals surface area contributed by atoms with Crippen molar-refractivity contribution in [3.8, 4) is 5.75 Å². The van der Waals surface area contributed by atoms with Crippen LogP contribution >= 0.6 is 0 Å². The highest BCUT2D eigenvalue weighted by molar-refractivity contribution is 5.81. The van der Waals surface area contributed by atoms with Crippen molar-refractivity contribution in [1.29, 1.82) is 0 Å². The molecule has 0 spiro atoms. The molecular weight excluding hydrogens is 438 g/mol. The van der Waals surface area contributed by atoms with Crippen LogP contribution in [0.3, 0.4) is 0 Å². The van der Waals surface area contributed by atoms with Crippen LogP contribution in [-0.4, -0.2) is 76.1 Å². The van der Waals surface area contributed by atoms with Gasteiger partial charge in [0.1, 0.15) is 24.0 Å². The van der Waals surface area contributed by atoms with Crippen LogP contribution in [0.1, 0.15) is 18.4 Å². The Labute approximate surface area is 196 Å². The number of piperidine rings is 1. The molecule has 1 fully saturated rings. The molecule has 1 atom stereocenters. The van der Waals surface area contributed by atoms with E-state index in [4.69, 9.17) is 9.84 Å². The van der Waals surface area contributed by atoms with E-state index >= 15 is 0 Å². The Bertz CT molecular complexity index is 1130. The van der Waals surface area contributed by atoms with Gasteiger partial charge >= 0.3 is 11.8 Å². The smallest absolute Gasteiger partial charge is 0.407 e. The maximum absolute atomic E-state index is 11.5. The number of aliphatic hydroxyl groups excluding tert-OH is 1. The number of fused-ring (bicyclic) bond motifs is 1. The summed E-state index contributed by atoms with van der Waals surface area (Å²) in [7, 11) is 0. The maximum Gasteiger partial charge on any atom is 0.407 e. The first-order valence-electron chi connectivity index (χ1n) is 11.5. The first-order chi connectivity index (χ1) is 16.5. The van der Waals surface area contributed by atoms with E-state index in [0.29, 0.717) is 36.4 Å². The number of imidazole rings is 1. The van der Waals surface area contributed by atoms with Gasteiger partial charge in [0.25, 0.3) is 0 Å². The predicted octanol–water partition coefficient (Wildman–Crippen LogP) is 1.98. The minimum atomic E-state index is -0.844. The number of hydrogen-bond donors (Lipinski definition) is 6. The van der Waals surface area contributed by atoms with Gasteiger partial charge in [0, 0.05) is 31.4 Å². The van der Waals surface area contributed by atoms with Gasteiger partial charge in [-0.05, 0) is 55.6 Å². The summed E-state index contributed by atoms with van der Waals surface area (Å²) in [5.74, 6) is 0.524. The SMILES string of the molecule is O=C(O)N1CCC(Nc2ccc(CCNC[C@H](O)COc3cccc4[nH]c(=O)[nH]c34)cc2)CC1. The monoisotopic (exact) mass is 469 g/mol. The standard InChI is InChI=1S/C24H31N5O5/c30-19(15-34-21-3-1-2-20-22(21)28-23(31)27-20)14-25-11-8-16-4-6-17(7-5-16)26-18-9-12-29(13-10-18)24(32)33/h1-7,18-19,25-26,30H,8-15H2,(H,32,33)(H2,27,28,31)/t19-/m0/s1. The summed E-state index contributed by atoms with van der Waals surface area (Å²) in [5.41, 5.74) is 3.19. The number of ether oxygens (including phenoxy) is 1. The molecule has 34 heavy (non-hydrogen) atoms. The molecular formula is C24H31N5O5. The number of nitrogens with zero attached hydrogens (tertiary/aromatic N) is 1. The highest BCUT2D eigenvalue weighted by Crippen LogP contribution is 2.21. The molecule has 1 aromatic heterocycles. The van der Waals surface area contributed by atoms with Gasteiger partial charge in [-0.2, -0.15) is 0 Å². The van der Waals surface area contributed by atoms with E-state index in [0.717, 1.165) is 31.5 Å². The number of para-hydroxylation sites is 1. The highest BCUT2D eigenvalue weighted by atomic mass is 16.5. The lowest BCUT2D eigenvalue weighted by Gasteiger charge is -2.31. The van der Waals surface area contributed by atoms with Crippen LogP contribution in [0.2, 0.25) is 0 Å². The summed E-state index contributed by atoms with van der Waals surface area (Å²) >= 11 is 0. The van der Waals surface area contributed by atoms with Crippen molar-refractivity contribution < 1.29 is 19.7 Å². The van der Waals surface area contributed by atoms with Gasteiger partial charge in [0.2, 0.25) is 0 Å². The molecule has 1 amide bonds. The van der Waals surface area contributed by atoms with Crippen molar-refractivity contribution in [1.82, 2.24) is 20.2 Å². The predicted molar refractivity (Wildman–Crippen MR) is 130 cm³/mol. The second-order valence-electron chi connectivity index (χ2n) is 8.56. The van der Waals surface area contributed by atoms with Crippen molar-refractivity contribution >= 4 is 22.8 Å². The zero-order valence-corrected chi connectivity index (χ0v) is 18.9. The summed E-state index contributed by atoms with van der Waals surface area (Å²) in [4.78, 5) is 29.3. The van der Waals surface area contributed by atoms with Crippen molar-refractivity contribution in [2.24, 2.45) is 0 Å². The topological polar surface area (TPSA) is 143 Å². The van der Waals surface area contributed by atoms with Gasteiger partial charge in [-0.15, -0.1) is 0 Å². The normalized spacial score (nSPS) is 15.4. The Kier molecular flexibility index (Phi) is 7.71. The highest BCUT2D eigenvalue weighted by Gasteiger charge is 2.21. The summed E-state index contributed by atoms with van der Waals surface area (Å²) in [6.45, 7) is 2.36. The number of aliphatic hydroxyl groups is 1. The molecule has 0 bridgehead atoms. The fraction of sp³-hybridized carbons (Fsp3) is 0.417. The first kappa shape index (κ1) is 23.7. The van der Waals surface area contributed by atoms with Gasteiger partial charge < -0.3 is 40.5 Å². The number of rotatable bonds is 10.